The van der Waals surface area contributed by atoms with Crippen molar-refractivity contribution in [2.45, 2.75) is 13.8 Å². The topological polar surface area (TPSA) is 109 Å². The van der Waals surface area contributed by atoms with Gasteiger partial charge in [-0.1, -0.05) is 6.07 Å². The molecule has 2 aromatic heterocycles. The SMILES string of the molecule is CC[NH+]1CCN(c2nc3c(C)cccn3c(=O)c2/C=C(\C#N)C(N)=O)CC1. The maximum atomic E-state index is 13.1. The van der Waals surface area contributed by atoms with Crippen LogP contribution in [0.4, 0.5) is 5.82 Å². The summed E-state index contributed by atoms with van der Waals surface area (Å²) in [6, 6.07) is 5.43. The number of aryl methyl sites for hydroxylation is 1. The third-order valence-corrected chi connectivity index (χ3v) is 5.01. The number of aromatic nitrogens is 2. The molecule has 2 aromatic rings. The van der Waals surface area contributed by atoms with Crippen molar-refractivity contribution in [3.63, 3.8) is 0 Å². The van der Waals surface area contributed by atoms with Gasteiger partial charge in [0.05, 0.1) is 38.3 Å². The number of amides is 1. The second-order valence-electron chi connectivity index (χ2n) is 6.66. The number of carbonyl (C=O) groups is 1. The highest BCUT2D eigenvalue weighted by Crippen LogP contribution is 2.20. The lowest BCUT2D eigenvalue weighted by atomic mass is 10.1. The van der Waals surface area contributed by atoms with Crippen LogP contribution in [0.2, 0.25) is 0 Å². The van der Waals surface area contributed by atoms with Gasteiger partial charge in [-0.15, -0.1) is 0 Å². The van der Waals surface area contributed by atoms with Crippen LogP contribution >= 0.6 is 0 Å². The number of carbonyl (C=O) groups excluding carboxylic acids is 1. The predicted molar refractivity (Wildman–Crippen MR) is 102 cm³/mol. The quantitative estimate of drug-likeness (QED) is 0.539. The van der Waals surface area contributed by atoms with Gasteiger partial charge in [0.1, 0.15) is 23.1 Å². The summed E-state index contributed by atoms with van der Waals surface area (Å²) < 4.78 is 1.44. The summed E-state index contributed by atoms with van der Waals surface area (Å²) in [5.41, 5.74) is 6.34. The van der Waals surface area contributed by atoms with Crippen LogP contribution < -0.4 is 21.1 Å². The molecular weight excluding hydrogens is 344 g/mol. The Morgan fingerprint density at radius 1 is 1.44 bits per heavy atom. The molecule has 1 saturated heterocycles. The Hall–Kier alpha value is -3.18. The Kier molecular flexibility index (Phi) is 5.23. The van der Waals surface area contributed by atoms with E-state index < -0.39 is 5.91 Å². The van der Waals surface area contributed by atoms with Crippen LogP contribution in [0.5, 0.6) is 0 Å². The summed E-state index contributed by atoms with van der Waals surface area (Å²) in [6.07, 6.45) is 2.90. The molecule has 0 radical (unpaired) electrons. The number of quaternary nitrogens is 1. The standard InChI is InChI=1S/C19H22N6O2/c1-3-23-7-9-24(10-8-23)18-15(11-14(12-20)16(21)26)19(27)25-6-4-5-13(2)17(25)22-18/h4-6,11H,3,7-10H2,1-2H3,(H2,21,26)/p+1/b14-11+. The lowest BCUT2D eigenvalue weighted by Gasteiger charge is -2.33. The van der Waals surface area contributed by atoms with Gasteiger partial charge in [0.25, 0.3) is 11.5 Å². The van der Waals surface area contributed by atoms with Gasteiger partial charge in [0.15, 0.2) is 0 Å². The molecule has 0 saturated carbocycles. The number of anilines is 1. The molecule has 0 atom stereocenters. The number of fused-ring (bicyclic) bond motifs is 1. The molecule has 0 aromatic carbocycles. The molecule has 0 aliphatic carbocycles. The first-order valence-electron chi connectivity index (χ1n) is 8.98. The fraction of sp³-hybridized carbons (Fsp3) is 0.368. The van der Waals surface area contributed by atoms with Gasteiger partial charge in [0, 0.05) is 6.20 Å². The van der Waals surface area contributed by atoms with Crippen molar-refractivity contribution < 1.29 is 9.69 Å². The van der Waals surface area contributed by atoms with Crippen molar-refractivity contribution >= 4 is 23.4 Å². The summed E-state index contributed by atoms with van der Waals surface area (Å²) in [6.45, 7) is 8.46. The molecule has 0 spiro atoms. The molecule has 3 rings (SSSR count). The van der Waals surface area contributed by atoms with E-state index in [9.17, 15) is 14.9 Å². The zero-order valence-electron chi connectivity index (χ0n) is 15.5. The van der Waals surface area contributed by atoms with Crippen molar-refractivity contribution in [1.82, 2.24) is 9.38 Å². The first-order chi connectivity index (χ1) is 13.0. The Morgan fingerprint density at radius 3 is 2.74 bits per heavy atom. The molecule has 8 heteroatoms. The van der Waals surface area contributed by atoms with Crippen molar-refractivity contribution in [1.29, 1.82) is 5.26 Å². The summed E-state index contributed by atoms with van der Waals surface area (Å²) in [4.78, 5) is 32.9. The third kappa shape index (κ3) is 3.55. The molecule has 140 valence electrons. The second kappa shape index (κ2) is 7.60. The van der Waals surface area contributed by atoms with E-state index in [0.717, 1.165) is 38.3 Å². The number of nitrogens with one attached hydrogen (secondary N) is 1. The molecule has 1 aliphatic heterocycles. The average Bonchev–Trinajstić information content (AvgIpc) is 2.67. The summed E-state index contributed by atoms with van der Waals surface area (Å²) >= 11 is 0. The molecule has 1 amide bonds. The number of hydrogen-bond acceptors (Lipinski definition) is 5. The van der Waals surface area contributed by atoms with E-state index in [2.05, 4.69) is 11.8 Å². The molecule has 1 aliphatic rings. The predicted octanol–water partition coefficient (Wildman–Crippen LogP) is -0.880. The second-order valence-corrected chi connectivity index (χ2v) is 6.66. The molecule has 27 heavy (non-hydrogen) atoms. The maximum absolute atomic E-state index is 13.1. The first-order valence-corrected chi connectivity index (χ1v) is 8.98. The van der Waals surface area contributed by atoms with E-state index in [0.29, 0.717) is 11.5 Å². The number of likely N-dealkylation sites (N-methyl/N-ethyl adjacent to an activating group) is 1. The van der Waals surface area contributed by atoms with Crippen LogP contribution in [0.15, 0.2) is 28.7 Å². The van der Waals surface area contributed by atoms with Crippen LogP contribution in [-0.2, 0) is 4.79 Å². The van der Waals surface area contributed by atoms with Gasteiger partial charge >= 0.3 is 0 Å². The Balaban J connectivity index is 2.22. The van der Waals surface area contributed by atoms with Gasteiger partial charge in [-0.25, -0.2) is 4.98 Å². The average molecular weight is 367 g/mol. The van der Waals surface area contributed by atoms with Crippen molar-refractivity contribution in [3.05, 3.63) is 45.4 Å². The normalized spacial score (nSPS) is 15.7. The molecule has 1 fully saturated rings. The van der Waals surface area contributed by atoms with E-state index in [1.54, 1.807) is 18.3 Å². The third-order valence-electron chi connectivity index (χ3n) is 5.01. The van der Waals surface area contributed by atoms with E-state index in [4.69, 9.17) is 10.7 Å². The molecule has 8 nitrogen and oxygen atoms in total. The minimum Gasteiger partial charge on any atom is -0.365 e. The number of pyridine rings is 1. The molecule has 3 N–H and O–H groups in total. The lowest BCUT2D eigenvalue weighted by molar-refractivity contribution is -0.898. The molecule has 0 bridgehead atoms. The van der Waals surface area contributed by atoms with E-state index >= 15 is 0 Å². The smallest absolute Gasteiger partial charge is 0.267 e. The number of hydrogen-bond donors (Lipinski definition) is 2. The highest BCUT2D eigenvalue weighted by molar-refractivity contribution is 6.01. The van der Waals surface area contributed by atoms with Crippen molar-refractivity contribution in [2.24, 2.45) is 5.73 Å². The number of nitrogens with zero attached hydrogens (tertiary/aromatic N) is 4. The molecular formula is C19H23N6O2+. The van der Waals surface area contributed by atoms with E-state index in [1.165, 1.54) is 15.4 Å². The number of nitrogens with two attached hydrogens (primary N) is 1. The van der Waals surface area contributed by atoms with E-state index in [-0.39, 0.29) is 16.7 Å². The fourth-order valence-electron chi connectivity index (χ4n) is 3.36. The number of nitriles is 1. The van der Waals surface area contributed by atoms with Crippen molar-refractivity contribution in [3.8, 4) is 6.07 Å². The highest BCUT2D eigenvalue weighted by atomic mass is 16.1. The maximum Gasteiger partial charge on any atom is 0.267 e. The summed E-state index contributed by atoms with van der Waals surface area (Å²) in [5, 5.41) is 9.21. The Morgan fingerprint density at radius 2 is 2.15 bits per heavy atom. The van der Waals surface area contributed by atoms with Gasteiger partial charge in [-0.05, 0) is 31.6 Å². The monoisotopic (exact) mass is 367 g/mol. The van der Waals surface area contributed by atoms with Gasteiger partial charge in [-0.3, -0.25) is 14.0 Å². The zero-order chi connectivity index (χ0) is 19.6. The number of piperazine rings is 1. The minimum absolute atomic E-state index is 0.216. The van der Waals surface area contributed by atoms with Crippen molar-refractivity contribution in [2.75, 3.05) is 37.6 Å². The summed E-state index contributed by atoms with van der Waals surface area (Å²) in [7, 11) is 0. The van der Waals surface area contributed by atoms with Crippen LogP contribution in [0.3, 0.4) is 0 Å². The highest BCUT2D eigenvalue weighted by Gasteiger charge is 2.24. The van der Waals surface area contributed by atoms with E-state index in [1.807, 2.05) is 13.0 Å². The summed E-state index contributed by atoms with van der Waals surface area (Å²) in [5.74, 6) is -0.365. The Labute approximate surface area is 157 Å². The Bertz CT molecular complexity index is 1010. The lowest BCUT2D eigenvalue weighted by Crippen LogP contribution is -3.14. The van der Waals surface area contributed by atoms with Crippen LogP contribution in [0.1, 0.15) is 18.1 Å². The van der Waals surface area contributed by atoms with Crippen LogP contribution in [0.25, 0.3) is 11.7 Å². The van der Waals surface area contributed by atoms with Gasteiger partial charge in [0.2, 0.25) is 0 Å². The van der Waals surface area contributed by atoms with Gasteiger partial charge in [-0.2, -0.15) is 5.26 Å². The molecule has 0 unspecified atom stereocenters. The van der Waals surface area contributed by atoms with Crippen LogP contribution in [-0.4, -0.2) is 48.0 Å². The largest absolute Gasteiger partial charge is 0.365 e. The minimum atomic E-state index is -0.863. The fourth-order valence-corrected chi connectivity index (χ4v) is 3.36. The first kappa shape index (κ1) is 18.6. The molecule has 3 heterocycles. The van der Waals surface area contributed by atoms with Crippen LogP contribution in [0, 0.1) is 18.3 Å². The van der Waals surface area contributed by atoms with Gasteiger partial charge < -0.3 is 15.5 Å². The zero-order valence-corrected chi connectivity index (χ0v) is 15.5. The number of rotatable bonds is 4. The number of primary amides is 1.